The van der Waals surface area contributed by atoms with Crippen LogP contribution in [-0.2, 0) is 0 Å². The van der Waals surface area contributed by atoms with Gasteiger partial charge in [-0.25, -0.2) is 0 Å². The molecule has 0 amide bonds. The number of hydrogen-bond donors (Lipinski definition) is 1. The molecule has 0 aromatic heterocycles. The summed E-state index contributed by atoms with van der Waals surface area (Å²) in [6, 6.07) is 0.624. The van der Waals surface area contributed by atoms with Crippen LogP contribution in [0.1, 0.15) is 45.4 Å². The van der Waals surface area contributed by atoms with Gasteiger partial charge in [0.25, 0.3) is 0 Å². The van der Waals surface area contributed by atoms with Crippen LogP contribution < -0.4 is 5.32 Å². The van der Waals surface area contributed by atoms with Gasteiger partial charge in [-0.1, -0.05) is 6.92 Å². The molecule has 0 aromatic carbocycles. The molecule has 118 valence electrons. The quantitative estimate of drug-likeness (QED) is 0.854. The van der Waals surface area contributed by atoms with Gasteiger partial charge in [-0.15, -0.1) is 0 Å². The fraction of sp³-hybridized carbons (Fsp3) is 1.00. The van der Waals surface area contributed by atoms with E-state index in [2.05, 4.69) is 17.1 Å². The summed E-state index contributed by atoms with van der Waals surface area (Å²) in [7, 11) is 0. The molecule has 1 saturated heterocycles. The summed E-state index contributed by atoms with van der Waals surface area (Å²) >= 11 is 0. The van der Waals surface area contributed by atoms with Gasteiger partial charge in [-0.05, 0) is 57.5 Å². The second-order valence-corrected chi connectivity index (χ2v) is 6.57. The predicted molar refractivity (Wildman–Crippen MR) is 74.6 cm³/mol. The summed E-state index contributed by atoms with van der Waals surface area (Å²) in [5, 5.41) is 3.57. The van der Waals surface area contributed by atoms with E-state index in [1.54, 1.807) is 0 Å². The normalized spacial score (nSPS) is 30.6. The molecule has 1 aliphatic carbocycles. The van der Waals surface area contributed by atoms with Gasteiger partial charge in [0.1, 0.15) is 0 Å². The second-order valence-electron chi connectivity index (χ2n) is 6.57. The Morgan fingerprint density at radius 1 is 1.00 bits per heavy atom. The summed E-state index contributed by atoms with van der Waals surface area (Å²) in [5.74, 6) is -0.221. The molecule has 5 heteroatoms. The van der Waals surface area contributed by atoms with E-state index in [0.717, 1.165) is 19.0 Å². The molecular formula is C15H27F3N2. The molecule has 20 heavy (non-hydrogen) atoms. The Bertz CT molecular complexity index is 277. The van der Waals surface area contributed by atoms with Crippen LogP contribution in [0.15, 0.2) is 0 Å². The summed E-state index contributed by atoms with van der Waals surface area (Å²) in [5.41, 5.74) is 0. The second kappa shape index (κ2) is 7.12. The van der Waals surface area contributed by atoms with Gasteiger partial charge in [-0.2, -0.15) is 13.2 Å². The highest BCUT2D eigenvalue weighted by Crippen LogP contribution is 2.33. The van der Waals surface area contributed by atoms with Gasteiger partial charge in [0, 0.05) is 19.1 Å². The Labute approximate surface area is 120 Å². The predicted octanol–water partition coefficient (Wildman–Crippen LogP) is 3.43. The van der Waals surface area contributed by atoms with Gasteiger partial charge in [-0.3, -0.25) is 0 Å². The van der Waals surface area contributed by atoms with E-state index in [1.807, 2.05) is 0 Å². The Balaban J connectivity index is 1.57. The van der Waals surface area contributed by atoms with Crippen molar-refractivity contribution in [3.8, 4) is 0 Å². The van der Waals surface area contributed by atoms with Crippen molar-refractivity contribution in [3.05, 3.63) is 0 Å². The lowest BCUT2D eigenvalue weighted by Crippen LogP contribution is -2.43. The van der Waals surface area contributed by atoms with Crippen molar-refractivity contribution in [3.63, 3.8) is 0 Å². The van der Waals surface area contributed by atoms with Crippen molar-refractivity contribution in [1.82, 2.24) is 10.2 Å². The molecule has 1 N–H and O–H groups in total. The first-order valence-corrected chi connectivity index (χ1v) is 7.97. The number of likely N-dealkylation sites (tertiary alicyclic amines) is 1. The lowest BCUT2D eigenvalue weighted by atomic mass is 9.87. The molecule has 0 atom stereocenters. The maximum absolute atomic E-state index is 12.6. The first-order chi connectivity index (χ1) is 9.45. The highest BCUT2D eigenvalue weighted by molar-refractivity contribution is 4.79. The summed E-state index contributed by atoms with van der Waals surface area (Å²) in [4.78, 5) is 2.17. The van der Waals surface area contributed by atoms with Crippen LogP contribution in [0.5, 0.6) is 0 Å². The van der Waals surface area contributed by atoms with Crippen molar-refractivity contribution in [2.24, 2.45) is 11.8 Å². The standard InChI is InChI=1S/C15H27F3N2/c1-12-2-4-14(5-3-12)19-8-11-20-9-6-13(7-10-20)15(16,17)18/h12-14,19H,2-11H2,1H3. The minimum absolute atomic E-state index is 0.268. The van der Waals surface area contributed by atoms with Gasteiger partial charge < -0.3 is 10.2 Å². The Morgan fingerprint density at radius 2 is 1.60 bits per heavy atom. The number of piperidine rings is 1. The molecule has 0 aromatic rings. The molecule has 0 bridgehead atoms. The van der Waals surface area contributed by atoms with Crippen molar-refractivity contribution in [2.45, 2.75) is 57.7 Å². The maximum atomic E-state index is 12.6. The average Bonchev–Trinajstić information content (AvgIpc) is 2.41. The number of nitrogens with one attached hydrogen (secondary N) is 1. The minimum Gasteiger partial charge on any atom is -0.313 e. The molecule has 0 radical (unpaired) electrons. The number of halogens is 3. The highest BCUT2D eigenvalue weighted by Gasteiger charge is 2.40. The first kappa shape index (κ1) is 16.1. The third-order valence-corrected chi connectivity index (χ3v) is 4.93. The minimum atomic E-state index is -4.00. The molecule has 1 aliphatic heterocycles. The van der Waals surface area contributed by atoms with Gasteiger partial charge in [0.2, 0.25) is 0 Å². The molecule has 2 fully saturated rings. The fourth-order valence-electron chi connectivity index (χ4n) is 3.37. The summed E-state index contributed by atoms with van der Waals surface area (Å²) in [6.07, 6.45) is 1.63. The van der Waals surface area contributed by atoms with Crippen LogP contribution in [0.4, 0.5) is 13.2 Å². The summed E-state index contributed by atoms with van der Waals surface area (Å²) < 4.78 is 37.7. The lowest BCUT2D eigenvalue weighted by Gasteiger charge is -2.33. The highest BCUT2D eigenvalue weighted by atomic mass is 19.4. The van der Waals surface area contributed by atoms with Crippen LogP contribution >= 0.6 is 0 Å². The smallest absolute Gasteiger partial charge is 0.313 e. The zero-order valence-electron chi connectivity index (χ0n) is 12.4. The fourth-order valence-corrected chi connectivity index (χ4v) is 3.37. The Morgan fingerprint density at radius 3 is 2.15 bits per heavy atom. The Hall–Kier alpha value is -0.290. The van der Waals surface area contributed by atoms with Crippen molar-refractivity contribution in [2.75, 3.05) is 26.2 Å². The van der Waals surface area contributed by atoms with E-state index in [0.29, 0.717) is 19.1 Å². The van der Waals surface area contributed by atoms with Crippen LogP contribution in [-0.4, -0.2) is 43.3 Å². The van der Waals surface area contributed by atoms with E-state index >= 15 is 0 Å². The number of alkyl halides is 3. The summed E-state index contributed by atoms with van der Waals surface area (Å²) in [6.45, 7) is 5.29. The van der Waals surface area contributed by atoms with Crippen molar-refractivity contribution >= 4 is 0 Å². The molecule has 0 spiro atoms. The van der Waals surface area contributed by atoms with Gasteiger partial charge >= 0.3 is 6.18 Å². The molecule has 2 nitrogen and oxygen atoms in total. The number of hydrogen-bond acceptors (Lipinski definition) is 2. The average molecular weight is 292 g/mol. The van der Waals surface area contributed by atoms with Crippen molar-refractivity contribution in [1.29, 1.82) is 0 Å². The molecule has 1 saturated carbocycles. The SMILES string of the molecule is CC1CCC(NCCN2CCC(C(F)(F)F)CC2)CC1. The van der Waals surface area contributed by atoms with Crippen molar-refractivity contribution < 1.29 is 13.2 Å². The largest absolute Gasteiger partial charge is 0.391 e. The number of nitrogens with zero attached hydrogens (tertiary/aromatic N) is 1. The zero-order chi connectivity index (χ0) is 14.6. The monoisotopic (exact) mass is 292 g/mol. The molecule has 0 unspecified atom stereocenters. The van der Waals surface area contributed by atoms with Crippen LogP contribution in [0, 0.1) is 11.8 Å². The van der Waals surface area contributed by atoms with Crippen LogP contribution in [0.2, 0.25) is 0 Å². The van der Waals surface area contributed by atoms with E-state index in [1.165, 1.54) is 25.7 Å². The Kier molecular flexibility index (Phi) is 5.73. The van der Waals surface area contributed by atoms with Crippen LogP contribution in [0.3, 0.4) is 0 Å². The third kappa shape index (κ3) is 4.92. The van der Waals surface area contributed by atoms with E-state index in [-0.39, 0.29) is 12.8 Å². The van der Waals surface area contributed by atoms with E-state index in [9.17, 15) is 13.2 Å². The van der Waals surface area contributed by atoms with Crippen LogP contribution in [0.25, 0.3) is 0 Å². The molecule has 2 rings (SSSR count). The topological polar surface area (TPSA) is 15.3 Å². The lowest BCUT2D eigenvalue weighted by molar-refractivity contribution is -0.184. The molecule has 2 aliphatic rings. The third-order valence-electron chi connectivity index (χ3n) is 4.93. The number of rotatable bonds is 4. The van der Waals surface area contributed by atoms with E-state index in [4.69, 9.17) is 0 Å². The van der Waals surface area contributed by atoms with Gasteiger partial charge in [0.15, 0.2) is 0 Å². The maximum Gasteiger partial charge on any atom is 0.391 e. The first-order valence-electron chi connectivity index (χ1n) is 7.97. The zero-order valence-corrected chi connectivity index (χ0v) is 12.4. The molecule has 1 heterocycles. The van der Waals surface area contributed by atoms with Gasteiger partial charge in [0.05, 0.1) is 5.92 Å². The van der Waals surface area contributed by atoms with E-state index < -0.39 is 12.1 Å². The molecular weight excluding hydrogens is 265 g/mol.